The summed E-state index contributed by atoms with van der Waals surface area (Å²) in [6.45, 7) is 0. The Bertz CT molecular complexity index is 23.0. The molecule has 0 N–H and O–H groups in total. The van der Waals surface area contributed by atoms with Crippen LogP contribution in [-0.2, 0) is 10.9 Å². The monoisotopic (exact) mass is 414 g/mol. The number of hydrogen-bond donors (Lipinski definition) is 0. The van der Waals surface area contributed by atoms with Crippen molar-refractivity contribution in [1.82, 2.24) is 0 Å². The zero-order chi connectivity index (χ0) is 4.50. The van der Waals surface area contributed by atoms with Crippen LogP contribution in [0.3, 0.4) is 0 Å². The number of halogens is 4. The van der Waals surface area contributed by atoms with Gasteiger partial charge >= 0.3 is 78.6 Å². The van der Waals surface area contributed by atoms with Crippen molar-refractivity contribution in [2.45, 2.75) is 0 Å². The summed E-state index contributed by atoms with van der Waals surface area (Å²) >= 11 is 13.3. The molecule has 0 aromatic heterocycles. The van der Waals surface area contributed by atoms with Gasteiger partial charge in [-0.1, -0.05) is 0 Å². The van der Waals surface area contributed by atoms with Gasteiger partial charge in [-0.05, 0) is 0 Å². The second kappa shape index (κ2) is 5.21. The van der Waals surface area contributed by atoms with Gasteiger partial charge in [-0.3, -0.25) is 0 Å². The second-order valence-corrected chi connectivity index (χ2v) is 68.5. The standard InChI is InChI=1S/4BrH.Li.Zr.H/h4*1H;;;/q;;;;;+4;/p-4. The molecule has 0 aliphatic carbocycles. The van der Waals surface area contributed by atoms with E-state index in [9.17, 15) is 0 Å². The summed E-state index contributed by atoms with van der Waals surface area (Å²) in [6.07, 6.45) is 0. The van der Waals surface area contributed by atoms with Gasteiger partial charge in [0.2, 0.25) is 0 Å². The van der Waals surface area contributed by atoms with Gasteiger partial charge < -0.3 is 0 Å². The second-order valence-electron chi connectivity index (χ2n) is 0.429. The molecule has 0 amide bonds. The van der Waals surface area contributed by atoms with Gasteiger partial charge in [-0.15, -0.1) is 0 Å². The molecule has 6 heavy (non-hydrogen) atoms. The minimum atomic E-state index is -1.93. The summed E-state index contributed by atoms with van der Waals surface area (Å²) in [6, 6.07) is 0. The summed E-state index contributed by atoms with van der Waals surface area (Å²) in [5.74, 6) is 0. The van der Waals surface area contributed by atoms with Crippen molar-refractivity contribution in [2.75, 3.05) is 0 Å². The van der Waals surface area contributed by atoms with Crippen molar-refractivity contribution < 1.29 is 10.9 Å². The molecule has 0 atom stereocenters. The van der Waals surface area contributed by atoms with Crippen molar-refractivity contribution >= 4 is 67.7 Å². The first-order chi connectivity index (χ1) is 2.00. The molecule has 0 saturated heterocycles. The fourth-order valence-electron chi connectivity index (χ4n) is 0. The summed E-state index contributed by atoms with van der Waals surface area (Å²) in [5, 5.41) is 0. The Balaban J connectivity index is 0. The van der Waals surface area contributed by atoms with E-state index >= 15 is 0 Å². The summed E-state index contributed by atoms with van der Waals surface area (Å²) < 4.78 is 0. The van der Waals surface area contributed by atoms with E-state index in [0.29, 0.717) is 0 Å². The molecule has 0 saturated carbocycles. The van der Waals surface area contributed by atoms with E-state index in [-0.39, 0.29) is 18.9 Å². The van der Waals surface area contributed by atoms with Crippen LogP contribution >= 0.6 is 48.9 Å². The van der Waals surface area contributed by atoms with Crippen LogP contribution in [0.15, 0.2) is 0 Å². The van der Waals surface area contributed by atoms with Gasteiger partial charge in [0.25, 0.3) is 0 Å². The van der Waals surface area contributed by atoms with Crippen LogP contribution in [0.1, 0.15) is 0 Å². The van der Waals surface area contributed by atoms with Crippen LogP contribution in [0.5, 0.6) is 0 Å². The van der Waals surface area contributed by atoms with Crippen molar-refractivity contribution in [1.29, 1.82) is 0 Å². The first kappa shape index (κ1) is 12.1. The molecular weight excluding hydrogens is 418 g/mol. The molecule has 0 rings (SSSR count). The molecule has 0 unspecified atom stereocenters. The van der Waals surface area contributed by atoms with Crippen LogP contribution < -0.4 is 0 Å². The fourth-order valence-corrected chi connectivity index (χ4v) is 0. The van der Waals surface area contributed by atoms with Crippen LogP contribution in [0, 0.1) is 0 Å². The third-order valence-corrected chi connectivity index (χ3v) is 0. The minimum absolute atomic E-state index is 0. The molecule has 0 heterocycles. The normalized spacial score (nSPS) is 10.0. The average Bonchev–Trinajstić information content (AvgIpc) is 0.722. The molecule has 0 aliphatic rings. The zero-order valence-electron chi connectivity index (χ0n) is 2.01. The Morgan fingerprint density at radius 1 is 0.833 bits per heavy atom. The molecule has 0 radical (unpaired) electrons. The molecule has 0 aromatic rings. The molecule has 0 aliphatic heterocycles. The predicted octanol–water partition coefficient (Wildman–Crippen LogP) is 2.73. The molecule has 6 heteroatoms. The van der Waals surface area contributed by atoms with Gasteiger partial charge in [0, 0.05) is 0 Å². The van der Waals surface area contributed by atoms with Crippen molar-refractivity contribution in [3.05, 3.63) is 0 Å². The molecule has 34 valence electrons. The molecule has 0 aromatic carbocycles. The maximum absolute atomic E-state index is 3.34. The van der Waals surface area contributed by atoms with E-state index in [1.54, 1.807) is 0 Å². The van der Waals surface area contributed by atoms with Gasteiger partial charge in [0.1, 0.15) is 0 Å². The van der Waals surface area contributed by atoms with E-state index in [1.807, 2.05) is 0 Å². The molecule has 0 spiro atoms. The quantitative estimate of drug-likeness (QED) is 0.531. The SMILES string of the molecule is [Br][Zr]([Br])([Br])[Br].[LiH]. The van der Waals surface area contributed by atoms with Crippen molar-refractivity contribution in [3.63, 3.8) is 0 Å². The van der Waals surface area contributed by atoms with Gasteiger partial charge in [-0.2, -0.15) is 0 Å². The van der Waals surface area contributed by atoms with E-state index in [2.05, 4.69) is 48.9 Å². The number of rotatable bonds is 0. The van der Waals surface area contributed by atoms with E-state index in [4.69, 9.17) is 0 Å². The first-order valence-corrected chi connectivity index (χ1v) is 23.2. The van der Waals surface area contributed by atoms with Crippen LogP contribution in [0.25, 0.3) is 0 Å². The van der Waals surface area contributed by atoms with Gasteiger partial charge in [0.15, 0.2) is 0 Å². The maximum atomic E-state index is 3.34. The Morgan fingerprint density at radius 2 is 0.833 bits per heavy atom. The molecule has 0 nitrogen and oxygen atoms in total. The average molecular weight is 419 g/mol. The Morgan fingerprint density at radius 3 is 0.833 bits per heavy atom. The van der Waals surface area contributed by atoms with Crippen LogP contribution in [-0.4, -0.2) is 18.9 Å². The van der Waals surface area contributed by atoms with Crippen molar-refractivity contribution in [2.24, 2.45) is 0 Å². The van der Waals surface area contributed by atoms with Gasteiger partial charge in [0.05, 0.1) is 0 Å². The predicted molar refractivity (Wildman–Crippen MR) is 42.9 cm³/mol. The third kappa shape index (κ3) is 26.2. The third-order valence-electron chi connectivity index (χ3n) is 0. The Hall–Kier alpha value is 3.40. The van der Waals surface area contributed by atoms with E-state index < -0.39 is 10.9 Å². The molecule has 0 bridgehead atoms. The Labute approximate surface area is 76.6 Å². The van der Waals surface area contributed by atoms with Crippen LogP contribution in [0.2, 0.25) is 0 Å². The van der Waals surface area contributed by atoms with Crippen molar-refractivity contribution in [3.8, 4) is 0 Å². The first-order valence-electron chi connectivity index (χ1n) is 0.756. The van der Waals surface area contributed by atoms with E-state index in [0.717, 1.165) is 0 Å². The Kier molecular flexibility index (Phi) is 10.5. The fraction of sp³-hybridized carbons (Fsp3) is 0. The van der Waals surface area contributed by atoms with Crippen LogP contribution in [0.4, 0.5) is 0 Å². The van der Waals surface area contributed by atoms with E-state index in [1.165, 1.54) is 0 Å². The zero-order valence-corrected chi connectivity index (χ0v) is 10.8. The summed E-state index contributed by atoms with van der Waals surface area (Å²) in [7, 11) is -1.93. The molecule has 0 fully saturated rings. The van der Waals surface area contributed by atoms with Gasteiger partial charge in [-0.25, -0.2) is 0 Å². The topological polar surface area (TPSA) is 0 Å². The summed E-state index contributed by atoms with van der Waals surface area (Å²) in [4.78, 5) is 0. The number of hydrogen-bond acceptors (Lipinski definition) is 0. The molecular formula is HBr4LiZr. The summed E-state index contributed by atoms with van der Waals surface area (Å²) in [5.41, 5.74) is 0.